The van der Waals surface area contributed by atoms with Gasteiger partial charge in [0, 0.05) is 13.5 Å². The zero-order chi connectivity index (χ0) is 19.3. The maximum absolute atomic E-state index is 12.6. The maximum atomic E-state index is 12.6. The first-order chi connectivity index (χ1) is 12.5. The Kier molecular flexibility index (Phi) is 6.74. The summed E-state index contributed by atoms with van der Waals surface area (Å²) in [5, 5.41) is 5.44. The summed E-state index contributed by atoms with van der Waals surface area (Å²) in [5.41, 5.74) is 2.47. The van der Waals surface area contributed by atoms with Crippen LogP contribution in [0.4, 0.5) is 0 Å². The monoisotopic (exact) mass is 360 g/mol. The summed E-state index contributed by atoms with van der Waals surface area (Å²) in [5.74, 6) is -0.685. The number of nitrogens with zero attached hydrogens (tertiary/aromatic N) is 2. The lowest BCUT2D eigenvalue weighted by atomic mass is 10.1. The van der Waals surface area contributed by atoms with Crippen molar-refractivity contribution in [2.45, 2.75) is 45.6 Å². The average Bonchev–Trinajstić information content (AvgIpc) is 2.88. The molecule has 3 rings (SSSR count). The van der Waals surface area contributed by atoms with E-state index in [-0.39, 0.29) is 18.0 Å². The fourth-order valence-corrected chi connectivity index (χ4v) is 3.26. The zero-order valence-electron chi connectivity index (χ0n) is 16.0. The molecule has 1 unspecified atom stereocenters. The Labute approximate surface area is 153 Å². The molecule has 2 amide bonds. The van der Waals surface area contributed by atoms with E-state index in [2.05, 4.69) is 10.6 Å². The number of imide groups is 1. The highest BCUT2D eigenvalue weighted by Crippen LogP contribution is 2.23. The third-order valence-electron chi connectivity index (χ3n) is 4.57. The highest BCUT2D eigenvalue weighted by Gasteiger charge is 2.31. The van der Waals surface area contributed by atoms with Gasteiger partial charge in [0.05, 0.1) is 11.0 Å². The van der Waals surface area contributed by atoms with Crippen LogP contribution in [-0.2, 0) is 23.1 Å². The van der Waals surface area contributed by atoms with Gasteiger partial charge in [-0.1, -0.05) is 19.9 Å². The molecule has 1 aliphatic rings. The molecular formula is C19H28N4O3. The van der Waals surface area contributed by atoms with Gasteiger partial charge >= 0.3 is 5.69 Å². The number of carbonyl (C=O) groups excluding carboxylic acids is 2. The molecule has 2 heterocycles. The second-order valence-corrected chi connectivity index (χ2v) is 6.21. The average molecular weight is 360 g/mol. The number of nitrogens with one attached hydrogen (secondary N) is 2. The quantitative estimate of drug-likeness (QED) is 0.625. The van der Waals surface area contributed by atoms with Gasteiger partial charge in [-0.3, -0.25) is 24.0 Å². The number of benzene rings is 1. The van der Waals surface area contributed by atoms with E-state index in [9.17, 15) is 14.4 Å². The molecule has 1 atom stereocenters. The van der Waals surface area contributed by atoms with Crippen LogP contribution >= 0.6 is 0 Å². The van der Waals surface area contributed by atoms with Gasteiger partial charge < -0.3 is 5.32 Å². The van der Waals surface area contributed by atoms with E-state index in [1.165, 1.54) is 4.57 Å². The van der Waals surface area contributed by atoms with Crippen molar-refractivity contribution in [2.24, 2.45) is 7.05 Å². The summed E-state index contributed by atoms with van der Waals surface area (Å²) in [4.78, 5) is 36.1. The predicted molar refractivity (Wildman–Crippen MR) is 102 cm³/mol. The number of amides is 2. The molecule has 7 heteroatoms. The SMILES string of the molecule is CC.CNCCCc1ccc2c(c1)n(C)c(=O)n2C1CCC(=O)NC1=O. The normalized spacial score (nSPS) is 17.0. The Hall–Kier alpha value is -2.41. The number of rotatable bonds is 5. The van der Waals surface area contributed by atoms with Gasteiger partial charge in [0.15, 0.2) is 0 Å². The summed E-state index contributed by atoms with van der Waals surface area (Å²) < 4.78 is 3.08. The number of piperidine rings is 1. The van der Waals surface area contributed by atoms with E-state index >= 15 is 0 Å². The van der Waals surface area contributed by atoms with Crippen molar-refractivity contribution in [3.63, 3.8) is 0 Å². The molecule has 1 aliphatic heterocycles. The zero-order valence-corrected chi connectivity index (χ0v) is 16.0. The predicted octanol–water partition coefficient (Wildman–Crippen LogP) is 1.50. The second kappa shape index (κ2) is 8.80. The Morgan fingerprint density at radius 1 is 1.19 bits per heavy atom. The van der Waals surface area contributed by atoms with Crippen LogP contribution in [-0.4, -0.2) is 34.5 Å². The smallest absolute Gasteiger partial charge is 0.320 e. The van der Waals surface area contributed by atoms with Crippen molar-refractivity contribution in [2.75, 3.05) is 13.6 Å². The van der Waals surface area contributed by atoms with Gasteiger partial charge in [-0.05, 0) is 50.6 Å². The van der Waals surface area contributed by atoms with E-state index in [1.807, 2.05) is 39.1 Å². The maximum Gasteiger partial charge on any atom is 0.329 e. The molecule has 2 N–H and O–H groups in total. The van der Waals surface area contributed by atoms with Gasteiger partial charge in [0.2, 0.25) is 11.8 Å². The minimum atomic E-state index is -0.631. The van der Waals surface area contributed by atoms with E-state index < -0.39 is 11.9 Å². The highest BCUT2D eigenvalue weighted by molar-refractivity contribution is 6.00. The Balaban J connectivity index is 0.00000117. The first-order valence-electron chi connectivity index (χ1n) is 9.21. The number of imidazole rings is 1. The van der Waals surface area contributed by atoms with Gasteiger partial charge in [0.1, 0.15) is 6.04 Å². The minimum absolute atomic E-state index is 0.230. The first-order valence-corrected chi connectivity index (χ1v) is 9.21. The lowest BCUT2D eigenvalue weighted by Crippen LogP contribution is -2.44. The van der Waals surface area contributed by atoms with Crippen molar-refractivity contribution >= 4 is 22.8 Å². The van der Waals surface area contributed by atoms with Crippen LogP contribution in [0.25, 0.3) is 11.0 Å². The van der Waals surface area contributed by atoms with Crippen molar-refractivity contribution in [1.29, 1.82) is 0 Å². The van der Waals surface area contributed by atoms with Crippen LogP contribution in [0.2, 0.25) is 0 Å². The molecule has 0 spiro atoms. The Bertz CT molecular complexity index is 850. The molecule has 1 fully saturated rings. The van der Waals surface area contributed by atoms with E-state index in [1.54, 1.807) is 11.6 Å². The van der Waals surface area contributed by atoms with Gasteiger partial charge in [-0.25, -0.2) is 4.79 Å². The lowest BCUT2D eigenvalue weighted by Gasteiger charge is -2.21. The molecule has 0 aliphatic carbocycles. The largest absolute Gasteiger partial charge is 0.329 e. The fraction of sp³-hybridized carbons (Fsp3) is 0.526. The standard InChI is InChI=1S/C17H22N4O3.C2H6/c1-18-9-3-4-11-5-6-12-14(10-11)20(2)17(24)21(12)13-7-8-15(22)19-16(13)23;1-2/h5-6,10,13,18H,3-4,7-9H2,1-2H3,(H,19,22,23);1-2H3. The number of hydrogen-bond donors (Lipinski definition) is 2. The lowest BCUT2D eigenvalue weighted by molar-refractivity contribution is -0.135. The third-order valence-corrected chi connectivity index (χ3v) is 4.57. The molecule has 0 bridgehead atoms. The Morgan fingerprint density at radius 3 is 2.58 bits per heavy atom. The summed E-state index contributed by atoms with van der Waals surface area (Å²) in [6.45, 7) is 4.94. The topological polar surface area (TPSA) is 85.1 Å². The molecule has 7 nitrogen and oxygen atoms in total. The van der Waals surface area contributed by atoms with Crippen LogP contribution < -0.4 is 16.3 Å². The molecular weight excluding hydrogens is 332 g/mol. The van der Waals surface area contributed by atoms with Crippen molar-refractivity contribution in [3.8, 4) is 0 Å². The van der Waals surface area contributed by atoms with Gasteiger partial charge in [-0.15, -0.1) is 0 Å². The molecule has 1 saturated heterocycles. The van der Waals surface area contributed by atoms with Crippen LogP contribution in [0.1, 0.15) is 44.7 Å². The minimum Gasteiger partial charge on any atom is -0.320 e. The molecule has 142 valence electrons. The summed E-state index contributed by atoms with van der Waals surface area (Å²) in [7, 11) is 3.64. The molecule has 1 aromatic heterocycles. The van der Waals surface area contributed by atoms with Gasteiger partial charge in [-0.2, -0.15) is 0 Å². The van der Waals surface area contributed by atoms with Gasteiger partial charge in [0.25, 0.3) is 0 Å². The van der Waals surface area contributed by atoms with Crippen LogP contribution in [0.5, 0.6) is 0 Å². The third kappa shape index (κ3) is 3.88. The van der Waals surface area contributed by atoms with E-state index in [0.29, 0.717) is 6.42 Å². The van der Waals surface area contributed by atoms with Crippen molar-refractivity contribution in [3.05, 3.63) is 34.2 Å². The summed E-state index contributed by atoms with van der Waals surface area (Å²) in [6.07, 6.45) is 2.55. The number of fused-ring (bicyclic) bond motifs is 1. The molecule has 1 aromatic carbocycles. The summed E-state index contributed by atoms with van der Waals surface area (Å²) in [6, 6.07) is 5.28. The number of aromatic nitrogens is 2. The molecule has 0 saturated carbocycles. The van der Waals surface area contributed by atoms with Crippen LogP contribution in [0, 0.1) is 0 Å². The van der Waals surface area contributed by atoms with E-state index in [0.717, 1.165) is 36.0 Å². The number of aryl methyl sites for hydroxylation is 2. The Morgan fingerprint density at radius 2 is 1.92 bits per heavy atom. The number of hydrogen-bond acceptors (Lipinski definition) is 4. The van der Waals surface area contributed by atoms with Crippen LogP contribution in [0.15, 0.2) is 23.0 Å². The highest BCUT2D eigenvalue weighted by atomic mass is 16.2. The van der Waals surface area contributed by atoms with Crippen LogP contribution in [0.3, 0.4) is 0 Å². The second-order valence-electron chi connectivity index (χ2n) is 6.21. The molecule has 26 heavy (non-hydrogen) atoms. The van der Waals surface area contributed by atoms with Crippen molar-refractivity contribution < 1.29 is 9.59 Å². The molecule has 0 radical (unpaired) electrons. The summed E-state index contributed by atoms with van der Waals surface area (Å²) >= 11 is 0. The van der Waals surface area contributed by atoms with E-state index in [4.69, 9.17) is 0 Å². The first kappa shape index (κ1) is 19.9. The number of carbonyl (C=O) groups is 2. The van der Waals surface area contributed by atoms with Crippen molar-refractivity contribution in [1.82, 2.24) is 19.8 Å². The fourth-order valence-electron chi connectivity index (χ4n) is 3.26. The molecule has 2 aromatic rings.